The van der Waals surface area contributed by atoms with E-state index < -0.39 is 0 Å². The molecule has 0 aliphatic carbocycles. The standard InChI is InChI=1S/C16H24N2O/c1-11(2)15-6-5-9-18(15)16(19)14-8-7-13(17-4)10-12(14)3/h7-8,10-11,15,17H,5-6,9H2,1-4H3. The molecule has 1 fully saturated rings. The van der Waals surface area contributed by atoms with Crippen molar-refractivity contribution in [3.63, 3.8) is 0 Å². The van der Waals surface area contributed by atoms with Crippen molar-refractivity contribution >= 4 is 11.6 Å². The third-order valence-electron chi connectivity index (χ3n) is 4.08. The minimum Gasteiger partial charge on any atom is -0.388 e. The zero-order valence-electron chi connectivity index (χ0n) is 12.4. The second kappa shape index (κ2) is 5.64. The second-order valence-corrected chi connectivity index (χ2v) is 5.73. The Bertz CT molecular complexity index is 468. The zero-order chi connectivity index (χ0) is 14.0. The van der Waals surface area contributed by atoms with E-state index in [-0.39, 0.29) is 5.91 Å². The van der Waals surface area contributed by atoms with Gasteiger partial charge in [0.1, 0.15) is 0 Å². The van der Waals surface area contributed by atoms with Gasteiger partial charge in [-0.2, -0.15) is 0 Å². The van der Waals surface area contributed by atoms with Gasteiger partial charge in [0.15, 0.2) is 0 Å². The van der Waals surface area contributed by atoms with E-state index in [0.29, 0.717) is 12.0 Å². The molecule has 2 rings (SSSR count). The van der Waals surface area contributed by atoms with Crippen LogP contribution in [0.25, 0.3) is 0 Å². The van der Waals surface area contributed by atoms with Gasteiger partial charge in [-0.1, -0.05) is 13.8 Å². The van der Waals surface area contributed by atoms with Crippen LogP contribution in [-0.4, -0.2) is 30.4 Å². The molecule has 0 bridgehead atoms. The maximum absolute atomic E-state index is 12.7. The molecule has 1 aromatic rings. The predicted octanol–water partition coefficient (Wildman–Crippen LogP) is 3.30. The van der Waals surface area contributed by atoms with Crippen LogP contribution in [0.4, 0.5) is 5.69 Å². The van der Waals surface area contributed by atoms with E-state index >= 15 is 0 Å². The number of hydrogen-bond donors (Lipinski definition) is 1. The predicted molar refractivity (Wildman–Crippen MR) is 79.6 cm³/mol. The molecule has 0 saturated carbocycles. The summed E-state index contributed by atoms with van der Waals surface area (Å²) in [7, 11) is 1.89. The number of nitrogens with zero attached hydrogens (tertiary/aromatic N) is 1. The summed E-state index contributed by atoms with van der Waals surface area (Å²) in [5.74, 6) is 0.722. The summed E-state index contributed by atoms with van der Waals surface area (Å²) in [4.78, 5) is 14.7. The molecule has 1 atom stereocenters. The number of nitrogens with one attached hydrogen (secondary N) is 1. The smallest absolute Gasteiger partial charge is 0.254 e. The third-order valence-corrected chi connectivity index (χ3v) is 4.08. The quantitative estimate of drug-likeness (QED) is 0.904. The van der Waals surface area contributed by atoms with Crippen molar-refractivity contribution in [1.82, 2.24) is 4.90 Å². The molecule has 0 aromatic heterocycles. The molecular weight excluding hydrogens is 236 g/mol. The van der Waals surface area contributed by atoms with Gasteiger partial charge in [0.25, 0.3) is 5.91 Å². The number of hydrogen-bond acceptors (Lipinski definition) is 2. The summed E-state index contributed by atoms with van der Waals surface area (Å²) in [6.07, 6.45) is 2.26. The molecule has 1 aliphatic rings. The summed E-state index contributed by atoms with van der Waals surface area (Å²) in [5, 5.41) is 3.11. The molecular formula is C16H24N2O. The van der Waals surface area contributed by atoms with Crippen molar-refractivity contribution in [2.45, 2.75) is 39.7 Å². The number of likely N-dealkylation sites (tertiary alicyclic amines) is 1. The Hall–Kier alpha value is -1.51. The van der Waals surface area contributed by atoms with Gasteiger partial charge in [-0.05, 0) is 49.4 Å². The van der Waals surface area contributed by atoms with Crippen molar-refractivity contribution in [3.8, 4) is 0 Å². The molecule has 0 radical (unpaired) electrons. The Kier molecular flexibility index (Phi) is 4.13. The first kappa shape index (κ1) is 13.9. The van der Waals surface area contributed by atoms with E-state index in [0.717, 1.165) is 36.2 Å². The lowest BCUT2D eigenvalue weighted by atomic mass is 10.0. The molecule has 104 valence electrons. The monoisotopic (exact) mass is 260 g/mol. The van der Waals surface area contributed by atoms with Crippen LogP contribution in [0.15, 0.2) is 18.2 Å². The number of carbonyl (C=O) groups is 1. The van der Waals surface area contributed by atoms with E-state index in [1.807, 2.05) is 32.2 Å². The largest absolute Gasteiger partial charge is 0.388 e. The Morgan fingerprint density at radius 3 is 2.74 bits per heavy atom. The topological polar surface area (TPSA) is 32.3 Å². The van der Waals surface area contributed by atoms with E-state index in [9.17, 15) is 4.79 Å². The van der Waals surface area contributed by atoms with Crippen LogP contribution >= 0.6 is 0 Å². The highest BCUT2D eigenvalue weighted by molar-refractivity contribution is 5.96. The molecule has 1 unspecified atom stereocenters. The van der Waals surface area contributed by atoms with Crippen LogP contribution in [0.3, 0.4) is 0 Å². The van der Waals surface area contributed by atoms with Crippen LogP contribution in [0.2, 0.25) is 0 Å². The number of aryl methyl sites for hydroxylation is 1. The van der Waals surface area contributed by atoms with Gasteiger partial charge in [-0.15, -0.1) is 0 Å². The molecule has 1 aromatic carbocycles. The Labute approximate surface area is 116 Å². The van der Waals surface area contributed by atoms with Crippen LogP contribution < -0.4 is 5.32 Å². The number of anilines is 1. The molecule has 3 nitrogen and oxygen atoms in total. The number of benzene rings is 1. The molecule has 1 amide bonds. The number of amides is 1. The third kappa shape index (κ3) is 2.75. The second-order valence-electron chi connectivity index (χ2n) is 5.73. The molecule has 1 saturated heterocycles. The van der Waals surface area contributed by atoms with Gasteiger partial charge in [-0.3, -0.25) is 4.79 Å². The van der Waals surface area contributed by atoms with Crippen LogP contribution in [0.5, 0.6) is 0 Å². The highest BCUT2D eigenvalue weighted by atomic mass is 16.2. The zero-order valence-corrected chi connectivity index (χ0v) is 12.4. The minimum atomic E-state index is 0.191. The lowest BCUT2D eigenvalue weighted by Crippen LogP contribution is -2.38. The van der Waals surface area contributed by atoms with E-state index in [4.69, 9.17) is 0 Å². The molecule has 3 heteroatoms. The first-order valence-corrected chi connectivity index (χ1v) is 7.14. The summed E-state index contributed by atoms with van der Waals surface area (Å²) >= 11 is 0. The Morgan fingerprint density at radius 1 is 1.42 bits per heavy atom. The average molecular weight is 260 g/mol. The summed E-state index contributed by atoms with van der Waals surface area (Å²) in [6, 6.07) is 6.35. The van der Waals surface area contributed by atoms with Gasteiger partial charge in [0.2, 0.25) is 0 Å². The molecule has 1 N–H and O–H groups in total. The first-order chi connectivity index (χ1) is 9.04. The van der Waals surface area contributed by atoms with Crippen molar-refractivity contribution in [1.29, 1.82) is 0 Å². The van der Waals surface area contributed by atoms with E-state index in [2.05, 4.69) is 24.1 Å². The normalized spacial score (nSPS) is 19.0. The fourth-order valence-electron chi connectivity index (χ4n) is 2.95. The Balaban J connectivity index is 2.24. The average Bonchev–Trinajstić information content (AvgIpc) is 2.87. The van der Waals surface area contributed by atoms with Crippen LogP contribution in [0.1, 0.15) is 42.6 Å². The first-order valence-electron chi connectivity index (χ1n) is 7.14. The fraction of sp³-hybridized carbons (Fsp3) is 0.562. The van der Waals surface area contributed by atoms with Gasteiger partial charge >= 0.3 is 0 Å². The maximum Gasteiger partial charge on any atom is 0.254 e. The summed E-state index contributed by atoms with van der Waals surface area (Å²) in [5.41, 5.74) is 2.94. The van der Waals surface area contributed by atoms with Gasteiger partial charge < -0.3 is 10.2 Å². The maximum atomic E-state index is 12.7. The molecule has 1 heterocycles. The number of carbonyl (C=O) groups excluding carboxylic acids is 1. The molecule has 1 aliphatic heterocycles. The van der Waals surface area contributed by atoms with Crippen LogP contribution in [-0.2, 0) is 0 Å². The highest BCUT2D eigenvalue weighted by Crippen LogP contribution is 2.27. The van der Waals surface area contributed by atoms with Crippen molar-refractivity contribution < 1.29 is 4.79 Å². The van der Waals surface area contributed by atoms with Crippen molar-refractivity contribution in [2.75, 3.05) is 18.9 Å². The van der Waals surface area contributed by atoms with E-state index in [1.54, 1.807) is 0 Å². The fourth-order valence-corrected chi connectivity index (χ4v) is 2.95. The van der Waals surface area contributed by atoms with Crippen molar-refractivity contribution in [3.05, 3.63) is 29.3 Å². The summed E-state index contributed by atoms with van der Waals surface area (Å²) < 4.78 is 0. The lowest BCUT2D eigenvalue weighted by molar-refractivity contribution is 0.0701. The van der Waals surface area contributed by atoms with Gasteiger partial charge in [0, 0.05) is 30.9 Å². The minimum absolute atomic E-state index is 0.191. The summed E-state index contributed by atoms with van der Waals surface area (Å²) in [6.45, 7) is 7.31. The molecule has 19 heavy (non-hydrogen) atoms. The van der Waals surface area contributed by atoms with Gasteiger partial charge in [-0.25, -0.2) is 0 Å². The number of rotatable bonds is 3. The van der Waals surface area contributed by atoms with Crippen LogP contribution in [0, 0.1) is 12.8 Å². The molecule has 0 spiro atoms. The van der Waals surface area contributed by atoms with Gasteiger partial charge in [0.05, 0.1) is 0 Å². The SMILES string of the molecule is CNc1ccc(C(=O)N2CCCC2C(C)C)c(C)c1. The Morgan fingerprint density at radius 2 is 2.16 bits per heavy atom. The van der Waals surface area contributed by atoms with Crippen molar-refractivity contribution in [2.24, 2.45) is 5.92 Å². The lowest BCUT2D eigenvalue weighted by Gasteiger charge is -2.28. The van der Waals surface area contributed by atoms with E-state index in [1.165, 1.54) is 0 Å². The highest BCUT2D eigenvalue weighted by Gasteiger charge is 2.31.